The highest BCUT2D eigenvalue weighted by atomic mass is 16.3. The highest BCUT2D eigenvalue weighted by Crippen LogP contribution is 2.18. The molecule has 0 N–H and O–H groups in total. The van der Waals surface area contributed by atoms with E-state index in [2.05, 4.69) is 9.97 Å². The van der Waals surface area contributed by atoms with Gasteiger partial charge in [-0.25, -0.2) is 9.97 Å². The van der Waals surface area contributed by atoms with Crippen molar-refractivity contribution in [1.82, 2.24) is 9.97 Å². The van der Waals surface area contributed by atoms with E-state index in [4.69, 9.17) is 9.68 Å². The molecule has 0 amide bonds. The third-order valence-corrected chi connectivity index (χ3v) is 1.93. The normalized spacial score (nSPS) is 9.93. The van der Waals surface area contributed by atoms with Gasteiger partial charge in [0.2, 0.25) is 0 Å². The fourth-order valence-corrected chi connectivity index (χ4v) is 1.29. The van der Waals surface area contributed by atoms with Gasteiger partial charge in [-0.15, -0.1) is 0 Å². The van der Waals surface area contributed by atoms with Crippen LogP contribution in [0.15, 0.2) is 22.6 Å². The molecule has 0 spiro atoms. The Balaban J connectivity index is 2.54. The van der Waals surface area contributed by atoms with Gasteiger partial charge in [-0.1, -0.05) is 0 Å². The molecule has 0 aromatic carbocycles. The quantitative estimate of drug-likeness (QED) is 0.706. The molecule has 74 valence electrons. The van der Waals surface area contributed by atoms with Gasteiger partial charge in [0.15, 0.2) is 11.6 Å². The molecule has 2 aromatic rings. The van der Waals surface area contributed by atoms with Crippen LogP contribution in [-0.2, 0) is 0 Å². The summed E-state index contributed by atoms with van der Waals surface area (Å²) in [4.78, 5) is 8.28. The molecule has 0 saturated heterocycles. The third kappa shape index (κ3) is 1.86. The van der Waals surface area contributed by atoms with Crippen LogP contribution in [0.3, 0.4) is 0 Å². The Morgan fingerprint density at radius 1 is 1.27 bits per heavy atom. The van der Waals surface area contributed by atoms with Crippen molar-refractivity contribution >= 4 is 0 Å². The molecule has 4 nitrogen and oxygen atoms in total. The molecular weight excluding hydrogens is 190 g/mol. The minimum Gasteiger partial charge on any atom is -0.458 e. The predicted octanol–water partition coefficient (Wildman–Crippen LogP) is 2.23. The lowest BCUT2D eigenvalue weighted by atomic mass is 10.3. The standard InChI is InChI=1S/C11H9N3O/c1-7-5-9(6-12)14-11(13-7)10-4-3-8(2)15-10/h3-5H,1-2H3. The van der Waals surface area contributed by atoms with E-state index in [0.29, 0.717) is 17.3 Å². The maximum absolute atomic E-state index is 8.77. The van der Waals surface area contributed by atoms with E-state index in [0.717, 1.165) is 11.5 Å². The molecule has 4 heteroatoms. The lowest BCUT2D eigenvalue weighted by Gasteiger charge is -1.98. The van der Waals surface area contributed by atoms with Crippen molar-refractivity contribution in [3.8, 4) is 17.7 Å². The van der Waals surface area contributed by atoms with Crippen molar-refractivity contribution in [1.29, 1.82) is 5.26 Å². The van der Waals surface area contributed by atoms with Crippen LogP contribution in [0.5, 0.6) is 0 Å². The van der Waals surface area contributed by atoms with Gasteiger partial charge in [0, 0.05) is 5.69 Å². The summed E-state index contributed by atoms with van der Waals surface area (Å²) in [6.45, 7) is 3.67. The molecule has 0 aliphatic heterocycles. The third-order valence-electron chi connectivity index (χ3n) is 1.93. The molecule has 0 unspecified atom stereocenters. The molecule has 0 aliphatic carbocycles. The van der Waals surface area contributed by atoms with Crippen LogP contribution < -0.4 is 0 Å². The van der Waals surface area contributed by atoms with Gasteiger partial charge in [0.05, 0.1) is 0 Å². The Morgan fingerprint density at radius 3 is 2.67 bits per heavy atom. The summed E-state index contributed by atoms with van der Waals surface area (Å²) in [6, 6.07) is 7.27. The first-order chi connectivity index (χ1) is 7.19. The number of furan rings is 1. The van der Waals surface area contributed by atoms with E-state index in [9.17, 15) is 0 Å². The molecule has 0 radical (unpaired) electrons. The van der Waals surface area contributed by atoms with E-state index in [1.54, 1.807) is 12.1 Å². The molecule has 0 bridgehead atoms. The summed E-state index contributed by atoms with van der Waals surface area (Å²) >= 11 is 0. The van der Waals surface area contributed by atoms with Crippen LogP contribution in [0.2, 0.25) is 0 Å². The largest absolute Gasteiger partial charge is 0.458 e. The second-order valence-electron chi connectivity index (χ2n) is 3.24. The van der Waals surface area contributed by atoms with Crippen molar-refractivity contribution in [2.75, 3.05) is 0 Å². The average Bonchev–Trinajstić information content (AvgIpc) is 2.64. The number of aryl methyl sites for hydroxylation is 2. The van der Waals surface area contributed by atoms with Gasteiger partial charge in [-0.3, -0.25) is 0 Å². The molecule has 15 heavy (non-hydrogen) atoms. The first-order valence-corrected chi connectivity index (χ1v) is 4.51. The topological polar surface area (TPSA) is 62.7 Å². The minimum absolute atomic E-state index is 0.353. The zero-order valence-corrected chi connectivity index (χ0v) is 8.48. The van der Waals surface area contributed by atoms with E-state index in [1.807, 2.05) is 26.0 Å². The molecule has 2 rings (SSSR count). The molecule has 0 saturated carbocycles. The fraction of sp³-hybridized carbons (Fsp3) is 0.182. The average molecular weight is 199 g/mol. The molecule has 0 fully saturated rings. The Labute approximate surface area is 87.2 Å². The highest BCUT2D eigenvalue weighted by molar-refractivity contribution is 5.48. The van der Waals surface area contributed by atoms with E-state index in [-0.39, 0.29) is 0 Å². The van der Waals surface area contributed by atoms with Crippen molar-refractivity contribution < 1.29 is 4.42 Å². The summed E-state index contributed by atoms with van der Waals surface area (Å²) < 4.78 is 5.39. The zero-order chi connectivity index (χ0) is 10.8. The SMILES string of the molecule is Cc1cc(C#N)nc(-c2ccc(C)o2)n1. The fourth-order valence-electron chi connectivity index (χ4n) is 1.29. The number of aromatic nitrogens is 2. The number of rotatable bonds is 1. The van der Waals surface area contributed by atoms with E-state index in [1.165, 1.54) is 0 Å². The van der Waals surface area contributed by atoms with Crippen molar-refractivity contribution in [2.24, 2.45) is 0 Å². The van der Waals surface area contributed by atoms with Crippen LogP contribution in [0, 0.1) is 25.2 Å². The van der Waals surface area contributed by atoms with Gasteiger partial charge in [-0.2, -0.15) is 5.26 Å². The highest BCUT2D eigenvalue weighted by Gasteiger charge is 2.07. The molecule has 0 atom stereocenters. The maximum Gasteiger partial charge on any atom is 0.197 e. The Bertz CT molecular complexity index is 537. The van der Waals surface area contributed by atoms with Gasteiger partial charge >= 0.3 is 0 Å². The van der Waals surface area contributed by atoms with Crippen LogP contribution >= 0.6 is 0 Å². The van der Waals surface area contributed by atoms with E-state index >= 15 is 0 Å². The second-order valence-corrected chi connectivity index (χ2v) is 3.24. The maximum atomic E-state index is 8.77. The first-order valence-electron chi connectivity index (χ1n) is 4.51. The Morgan fingerprint density at radius 2 is 2.07 bits per heavy atom. The van der Waals surface area contributed by atoms with Crippen molar-refractivity contribution in [2.45, 2.75) is 13.8 Å². The van der Waals surface area contributed by atoms with Crippen LogP contribution in [0.4, 0.5) is 0 Å². The summed E-state index contributed by atoms with van der Waals surface area (Å²) in [7, 11) is 0. The number of nitriles is 1. The smallest absolute Gasteiger partial charge is 0.197 e. The molecule has 2 heterocycles. The van der Waals surface area contributed by atoms with Gasteiger partial charge < -0.3 is 4.42 Å². The van der Waals surface area contributed by atoms with Crippen LogP contribution in [0.1, 0.15) is 17.1 Å². The second kappa shape index (κ2) is 3.54. The summed E-state index contributed by atoms with van der Waals surface area (Å²) in [5, 5.41) is 8.77. The van der Waals surface area contributed by atoms with Crippen LogP contribution in [-0.4, -0.2) is 9.97 Å². The van der Waals surface area contributed by atoms with Crippen molar-refractivity contribution in [3.63, 3.8) is 0 Å². The molecular formula is C11H9N3O. The molecule has 2 aromatic heterocycles. The first kappa shape index (κ1) is 9.41. The Hall–Kier alpha value is -2.15. The lowest BCUT2D eigenvalue weighted by Crippen LogP contribution is -1.93. The summed E-state index contributed by atoms with van der Waals surface area (Å²) in [5.41, 5.74) is 1.11. The zero-order valence-electron chi connectivity index (χ0n) is 8.48. The van der Waals surface area contributed by atoms with Crippen LogP contribution in [0.25, 0.3) is 11.6 Å². The van der Waals surface area contributed by atoms with E-state index < -0.39 is 0 Å². The monoisotopic (exact) mass is 199 g/mol. The summed E-state index contributed by atoms with van der Waals surface area (Å²) in [5.74, 6) is 1.85. The minimum atomic E-state index is 0.353. The van der Waals surface area contributed by atoms with Gasteiger partial charge in [0.1, 0.15) is 17.5 Å². The molecule has 0 aliphatic rings. The van der Waals surface area contributed by atoms with Gasteiger partial charge in [0.25, 0.3) is 0 Å². The van der Waals surface area contributed by atoms with Gasteiger partial charge in [-0.05, 0) is 32.0 Å². The number of hydrogen-bond donors (Lipinski definition) is 0. The number of hydrogen-bond acceptors (Lipinski definition) is 4. The summed E-state index contributed by atoms with van der Waals surface area (Å²) in [6.07, 6.45) is 0. The van der Waals surface area contributed by atoms with Crippen molar-refractivity contribution in [3.05, 3.63) is 35.3 Å². The predicted molar refractivity (Wildman–Crippen MR) is 53.9 cm³/mol. The lowest BCUT2D eigenvalue weighted by molar-refractivity contribution is 0.543. The number of nitrogens with zero attached hydrogens (tertiary/aromatic N) is 3. The Kier molecular flexibility index (Phi) is 2.22.